The van der Waals surface area contributed by atoms with Crippen LogP contribution >= 0.6 is 0 Å². The molecule has 0 saturated carbocycles. The van der Waals surface area contributed by atoms with Crippen molar-refractivity contribution in [1.82, 2.24) is 10.2 Å². The zero-order chi connectivity index (χ0) is 14.7. The van der Waals surface area contributed by atoms with Crippen LogP contribution in [0.3, 0.4) is 0 Å². The van der Waals surface area contributed by atoms with Crippen molar-refractivity contribution in [1.29, 1.82) is 0 Å². The second-order valence-electron chi connectivity index (χ2n) is 4.78. The van der Waals surface area contributed by atoms with E-state index in [1.54, 1.807) is 11.0 Å². The molecule has 0 bridgehead atoms. The number of methoxy groups -OCH3 is 1. The number of ether oxygens (including phenoxy) is 1. The van der Waals surface area contributed by atoms with E-state index in [0.29, 0.717) is 25.3 Å². The summed E-state index contributed by atoms with van der Waals surface area (Å²) >= 11 is 0. The van der Waals surface area contributed by atoms with E-state index in [2.05, 4.69) is 5.32 Å². The summed E-state index contributed by atoms with van der Waals surface area (Å²) < 4.78 is 18.8. The molecule has 1 aromatic rings. The zero-order valence-corrected chi connectivity index (χ0v) is 11.5. The average Bonchev–Trinajstić information content (AvgIpc) is 2.85. The van der Waals surface area contributed by atoms with E-state index in [-0.39, 0.29) is 23.4 Å². The first-order chi connectivity index (χ1) is 9.51. The summed E-state index contributed by atoms with van der Waals surface area (Å²) in [4.78, 5) is 24.8. The van der Waals surface area contributed by atoms with Crippen LogP contribution in [0.2, 0.25) is 0 Å². The maximum absolute atomic E-state index is 13.9. The summed E-state index contributed by atoms with van der Waals surface area (Å²) in [5, 5.41) is 2.76. The van der Waals surface area contributed by atoms with E-state index >= 15 is 0 Å². The molecule has 1 N–H and O–H groups in total. The van der Waals surface area contributed by atoms with Gasteiger partial charge in [-0.2, -0.15) is 0 Å². The normalized spacial score (nSPS) is 17.9. The second kappa shape index (κ2) is 5.90. The summed E-state index contributed by atoms with van der Waals surface area (Å²) in [6, 6.07) is 4.10. The lowest BCUT2D eigenvalue weighted by molar-refractivity contribution is -0.119. The molecule has 1 fully saturated rings. The summed E-state index contributed by atoms with van der Waals surface area (Å²) in [7, 11) is 1.44. The number of nitrogens with zero attached hydrogens (tertiary/aromatic N) is 1. The predicted molar refractivity (Wildman–Crippen MR) is 71.1 cm³/mol. The highest BCUT2D eigenvalue weighted by Crippen LogP contribution is 2.20. The highest BCUT2D eigenvalue weighted by atomic mass is 19.1. The van der Waals surface area contributed by atoms with Gasteiger partial charge < -0.3 is 15.0 Å². The van der Waals surface area contributed by atoms with Gasteiger partial charge in [-0.3, -0.25) is 9.59 Å². The minimum Gasteiger partial charge on any atom is -0.497 e. The number of carbonyl (C=O) groups excluding carboxylic acids is 2. The van der Waals surface area contributed by atoms with Crippen LogP contribution in [0.15, 0.2) is 18.2 Å². The maximum atomic E-state index is 13.9. The molecule has 0 aliphatic carbocycles. The van der Waals surface area contributed by atoms with Gasteiger partial charge in [0.25, 0.3) is 5.91 Å². The zero-order valence-electron chi connectivity index (χ0n) is 11.5. The van der Waals surface area contributed by atoms with Gasteiger partial charge >= 0.3 is 0 Å². The molecule has 2 rings (SSSR count). The lowest BCUT2D eigenvalue weighted by Crippen LogP contribution is -2.37. The summed E-state index contributed by atoms with van der Waals surface area (Å²) in [5.74, 6) is -0.716. The van der Waals surface area contributed by atoms with Gasteiger partial charge in [0.05, 0.1) is 12.7 Å². The van der Waals surface area contributed by atoms with Crippen molar-refractivity contribution in [3.05, 3.63) is 29.6 Å². The number of hydrogen-bond donors (Lipinski definition) is 1. The van der Waals surface area contributed by atoms with E-state index in [1.165, 1.54) is 26.2 Å². The van der Waals surface area contributed by atoms with Crippen molar-refractivity contribution in [2.45, 2.75) is 19.4 Å². The Morgan fingerprint density at radius 2 is 2.20 bits per heavy atom. The van der Waals surface area contributed by atoms with Gasteiger partial charge in [0.15, 0.2) is 0 Å². The lowest BCUT2D eigenvalue weighted by Gasteiger charge is -2.17. The Bertz CT molecular complexity index is 533. The second-order valence-corrected chi connectivity index (χ2v) is 4.78. The Morgan fingerprint density at radius 1 is 1.45 bits per heavy atom. The molecule has 1 atom stereocenters. The summed E-state index contributed by atoms with van der Waals surface area (Å²) in [6.07, 6.45) is 0.684. The topological polar surface area (TPSA) is 58.6 Å². The van der Waals surface area contributed by atoms with Crippen LogP contribution in [0.25, 0.3) is 0 Å². The van der Waals surface area contributed by atoms with Crippen molar-refractivity contribution in [2.75, 3.05) is 20.2 Å². The number of nitrogens with one attached hydrogen (secondary N) is 1. The molecular formula is C14H17FN2O3. The minimum atomic E-state index is -0.600. The van der Waals surface area contributed by atoms with E-state index in [0.717, 1.165) is 0 Å². The predicted octanol–water partition coefficient (Wildman–Crippen LogP) is 1.18. The molecule has 20 heavy (non-hydrogen) atoms. The standard InChI is InChI=1S/C14H17FN2O3/c1-9(18)16-10-5-6-17(8-10)14(19)12-4-3-11(20-2)7-13(12)15/h3-4,7,10H,5-6,8H2,1-2H3,(H,16,18). The van der Waals surface area contributed by atoms with Gasteiger partial charge in [-0.15, -0.1) is 0 Å². The third-order valence-corrected chi connectivity index (χ3v) is 3.29. The van der Waals surface area contributed by atoms with Crippen molar-refractivity contribution in [2.24, 2.45) is 0 Å². The molecule has 1 heterocycles. The molecule has 2 amide bonds. The number of rotatable bonds is 3. The SMILES string of the molecule is COc1ccc(C(=O)N2CCC(NC(C)=O)C2)c(F)c1. The number of hydrogen-bond acceptors (Lipinski definition) is 3. The largest absolute Gasteiger partial charge is 0.497 e. The lowest BCUT2D eigenvalue weighted by atomic mass is 10.2. The van der Waals surface area contributed by atoms with Gasteiger partial charge in [-0.1, -0.05) is 0 Å². The molecule has 1 saturated heterocycles. The quantitative estimate of drug-likeness (QED) is 0.904. The van der Waals surface area contributed by atoms with Gasteiger partial charge in [0, 0.05) is 32.1 Å². The van der Waals surface area contributed by atoms with Crippen LogP contribution in [-0.2, 0) is 4.79 Å². The maximum Gasteiger partial charge on any atom is 0.256 e. The van der Waals surface area contributed by atoms with Gasteiger partial charge in [0.1, 0.15) is 11.6 Å². The molecule has 1 aromatic carbocycles. The molecule has 5 nitrogen and oxygen atoms in total. The van der Waals surface area contributed by atoms with E-state index in [4.69, 9.17) is 4.74 Å². The van der Waals surface area contributed by atoms with Crippen LogP contribution in [0.5, 0.6) is 5.75 Å². The molecule has 1 aliphatic heterocycles. The van der Waals surface area contributed by atoms with Gasteiger partial charge in [-0.25, -0.2) is 4.39 Å². The number of likely N-dealkylation sites (tertiary alicyclic amines) is 1. The number of halogens is 1. The molecule has 108 valence electrons. The van der Waals surface area contributed by atoms with Crippen LogP contribution in [0.1, 0.15) is 23.7 Å². The van der Waals surface area contributed by atoms with E-state index in [1.807, 2.05) is 0 Å². The smallest absolute Gasteiger partial charge is 0.256 e. The van der Waals surface area contributed by atoms with Crippen LogP contribution in [0.4, 0.5) is 4.39 Å². The highest BCUT2D eigenvalue weighted by Gasteiger charge is 2.28. The van der Waals surface area contributed by atoms with Crippen LogP contribution in [-0.4, -0.2) is 43.0 Å². The van der Waals surface area contributed by atoms with Crippen LogP contribution < -0.4 is 10.1 Å². The first kappa shape index (κ1) is 14.3. The monoisotopic (exact) mass is 280 g/mol. The van der Waals surface area contributed by atoms with Crippen LogP contribution in [0, 0.1) is 5.82 Å². The molecule has 0 spiro atoms. The fourth-order valence-electron chi connectivity index (χ4n) is 2.32. The fraction of sp³-hybridized carbons (Fsp3) is 0.429. The van der Waals surface area contributed by atoms with Crippen molar-refractivity contribution in [3.63, 3.8) is 0 Å². The fourth-order valence-corrected chi connectivity index (χ4v) is 2.32. The molecule has 0 aromatic heterocycles. The first-order valence-corrected chi connectivity index (χ1v) is 6.41. The molecule has 1 unspecified atom stereocenters. The molecule has 1 aliphatic rings. The third kappa shape index (κ3) is 3.07. The highest BCUT2D eigenvalue weighted by molar-refractivity contribution is 5.95. The minimum absolute atomic E-state index is 0.0225. The van der Waals surface area contributed by atoms with E-state index < -0.39 is 5.82 Å². The first-order valence-electron chi connectivity index (χ1n) is 6.41. The Balaban J connectivity index is 2.07. The Morgan fingerprint density at radius 3 is 2.80 bits per heavy atom. The summed E-state index contributed by atoms with van der Waals surface area (Å²) in [5.41, 5.74) is 0.0225. The van der Waals surface area contributed by atoms with Crippen molar-refractivity contribution < 1.29 is 18.7 Å². The number of benzene rings is 1. The Labute approximate surface area is 116 Å². The summed E-state index contributed by atoms with van der Waals surface area (Å²) in [6.45, 7) is 2.35. The Hall–Kier alpha value is -2.11. The van der Waals surface area contributed by atoms with Crippen molar-refractivity contribution >= 4 is 11.8 Å². The molecule has 0 radical (unpaired) electrons. The van der Waals surface area contributed by atoms with Gasteiger partial charge in [0.2, 0.25) is 5.91 Å². The number of amides is 2. The van der Waals surface area contributed by atoms with E-state index in [9.17, 15) is 14.0 Å². The number of carbonyl (C=O) groups is 2. The van der Waals surface area contributed by atoms with Gasteiger partial charge in [-0.05, 0) is 18.6 Å². The Kier molecular flexibility index (Phi) is 4.22. The molecule has 6 heteroatoms. The van der Waals surface area contributed by atoms with Crippen molar-refractivity contribution in [3.8, 4) is 5.75 Å². The third-order valence-electron chi connectivity index (χ3n) is 3.29. The molecular weight excluding hydrogens is 263 g/mol. The average molecular weight is 280 g/mol.